The largest absolute Gasteiger partial charge is 0.416 e. The van der Waals surface area contributed by atoms with Crippen LogP contribution in [0.2, 0.25) is 0 Å². The Morgan fingerprint density at radius 1 is 1.25 bits per heavy atom. The first-order chi connectivity index (χ1) is 12.7. The summed E-state index contributed by atoms with van der Waals surface area (Å²) >= 11 is 0. The lowest BCUT2D eigenvalue weighted by atomic mass is 9.64. The molecule has 0 unspecified atom stereocenters. The highest BCUT2D eigenvalue weighted by Crippen LogP contribution is 2.44. The molecule has 0 spiro atoms. The molecule has 1 aromatic carbocycles. The molecular weight excluding hydrogens is 484 g/mol. The van der Waals surface area contributed by atoms with Crippen molar-refractivity contribution in [3.8, 4) is 0 Å². The quantitative estimate of drug-likeness (QED) is 0.349. The van der Waals surface area contributed by atoms with E-state index in [0.29, 0.717) is 24.6 Å². The smallest absolute Gasteiger partial charge is 0.357 e. The zero-order chi connectivity index (χ0) is 20.1. The standard InChI is InChI=1S/C19H27F3N4O.HI/c1-4-23-17(24-12-16(27)26(2)3)25-13-18(9-6-10-18)14-7-5-8-15(11-14)19(20,21)22;/h5,7-8,11H,4,6,9-10,12-13H2,1-3H3,(H2,23,24,25);1H. The van der Waals surface area contributed by atoms with Crippen LogP contribution >= 0.6 is 24.0 Å². The second-order valence-electron chi connectivity index (χ2n) is 7.05. The molecule has 9 heteroatoms. The average Bonchev–Trinajstić information content (AvgIpc) is 2.57. The summed E-state index contributed by atoms with van der Waals surface area (Å²) in [6, 6.07) is 5.57. The first-order valence-corrected chi connectivity index (χ1v) is 9.08. The van der Waals surface area contributed by atoms with Gasteiger partial charge in [-0.25, -0.2) is 4.99 Å². The van der Waals surface area contributed by atoms with Crippen molar-refractivity contribution in [2.75, 3.05) is 33.7 Å². The summed E-state index contributed by atoms with van der Waals surface area (Å²) in [5.74, 6) is 0.370. The molecule has 0 aliphatic heterocycles. The Balaban J connectivity index is 0.00000392. The number of carbonyl (C=O) groups excluding carboxylic acids is 1. The van der Waals surface area contributed by atoms with E-state index < -0.39 is 11.7 Å². The maximum Gasteiger partial charge on any atom is 0.416 e. The number of amides is 1. The zero-order valence-electron chi connectivity index (χ0n) is 16.4. The maximum absolute atomic E-state index is 13.1. The molecule has 1 saturated carbocycles. The fraction of sp³-hybridized carbons (Fsp3) is 0.579. The molecule has 0 bridgehead atoms. The third-order valence-electron chi connectivity index (χ3n) is 4.92. The molecular formula is C19H28F3IN4O. The summed E-state index contributed by atoms with van der Waals surface area (Å²) < 4.78 is 39.2. The topological polar surface area (TPSA) is 56.7 Å². The van der Waals surface area contributed by atoms with Crippen molar-refractivity contribution < 1.29 is 18.0 Å². The van der Waals surface area contributed by atoms with Crippen LogP contribution in [0, 0.1) is 0 Å². The number of nitrogens with one attached hydrogen (secondary N) is 2. The Labute approximate surface area is 181 Å². The Morgan fingerprint density at radius 3 is 2.43 bits per heavy atom. The van der Waals surface area contributed by atoms with Crippen molar-refractivity contribution in [3.63, 3.8) is 0 Å². The van der Waals surface area contributed by atoms with Crippen molar-refractivity contribution in [1.29, 1.82) is 0 Å². The summed E-state index contributed by atoms with van der Waals surface area (Å²) in [7, 11) is 3.32. The average molecular weight is 512 g/mol. The molecule has 28 heavy (non-hydrogen) atoms. The lowest BCUT2D eigenvalue weighted by Crippen LogP contribution is -2.49. The molecule has 1 aliphatic rings. The summed E-state index contributed by atoms with van der Waals surface area (Å²) in [4.78, 5) is 17.5. The minimum absolute atomic E-state index is 0. The molecule has 1 fully saturated rings. The van der Waals surface area contributed by atoms with Gasteiger partial charge in [-0.05, 0) is 31.4 Å². The van der Waals surface area contributed by atoms with E-state index in [-0.39, 0.29) is 41.8 Å². The van der Waals surface area contributed by atoms with Gasteiger partial charge in [0.1, 0.15) is 6.54 Å². The van der Waals surface area contributed by atoms with Gasteiger partial charge in [-0.15, -0.1) is 24.0 Å². The number of carbonyl (C=O) groups is 1. The van der Waals surface area contributed by atoms with Crippen LogP contribution in [-0.4, -0.2) is 50.5 Å². The third-order valence-corrected chi connectivity index (χ3v) is 4.92. The van der Waals surface area contributed by atoms with Crippen LogP contribution in [0.5, 0.6) is 0 Å². The molecule has 0 atom stereocenters. The number of hydrogen-bond donors (Lipinski definition) is 2. The molecule has 158 valence electrons. The Morgan fingerprint density at radius 2 is 1.93 bits per heavy atom. The van der Waals surface area contributed by atoms with Crippen LogP contribution in [0.4, 0.5) is 13.2 Å². The van der Waals surface area contributed by atoms with Gasteiger partial charge in [0, 0.05) is 32.6 Å². The molecule has 5 nitrogen and oxygen atoms in total. The summed E-state index contributed by atoms with van der Waals surface area (Å²) in [6.45, 7) is 3.02. The molecule has 0 aromatic heterocycles. The van der Waals surface area contributed by atoms with Crippen LogP contribution < -0.4 is 10.6 Å². The summed E-state index contributed by atoms with van der Waals surface area (Å²) in [5.41, 5.74) is -0.275. The first-order valence-electron chi connectivity index (χ1n) is 9.08. The van der Waals surface area contributed by atoms with Gasteiger partial charge >= 0.3 is 6.18 Å². The van der Waals surface area contributed by atoms with Crippen molar-refractivity contribution in [1.82, 2.24) is 15.5 Å². The van der Waals surface area contributed by atoms with Crippen LogP contribution in [0.25, 0.3) is 0 Å². The van der Waals surface area contributed by atoms with Crippen LogP contribution in [-0.2, 0) is 16.4 Å². The summed E-state index contributed by atoms with van der Waals surface area (Å²) in [5, 5.41) is 6.27. The zero-order valence-corrected chi connectivity index (χ0v) is 18.7. The van der Waals surface area contributed by atoms with Crippen LogP contribution in [0.3, 0.4) is 0 Å². The maximum atomic E-state index is 13.1. The Kier molecular flexibility index (Phi) is 9.03. The van der Waals surface area contributed by atoms with Gasteiger partial charge in [-0.2, -0.15) is 13.2 Å². The number of nitrogens with zero attached hydrogens (tertiary/aromatic N) is 2. The van der Waals surface area contributed by atoms with Gasteiger partial charge in [-0.3, -0.25) is 4.79 Å². The fourth-order valence-corrected chi connectivity index (χ4v) is 3.08. The number of alkyl halides is 3. The molecule has 1 aliphatic carbocycles. The number of likely N-dealkylation sites (N-methyl/N-ethyl adjacent to an activating group) is 1. The molecule has 0 heterocycles. The predicted octanol–water partition coefficient (Wildman–Crippen LogP) is 3.39. The lowest BCUT2D eigenvalue weighted by molar-refractivity contribution is -0.137. The first kappa shape index (κ1) is 24.5. The van der Waals surface area contributed by atoms with Crippen molar-refractivity contribution in [3.05, 3.63) is 35.4 Å². The van der Waals surface area contributed by atoms with E-state index in [4.69, 9.17) is 0 Å². The Hall–Kier alpha value is -1.52. The van der Waals surface area contributed by atoms with Crippen molar-refractivity contribution >= 4 is 35.8 Å². The van der Waals surface area contributed by atoms with E-state index in [1.165, 1.54) is 17.0 Å². The second kappa shape index (κ2) is 10.3. The van der Waals surface area contributed by atoms with Gasteiger partial charge in [-0.1, -0.05) is 24.6 Å². The van der Waals surface area contributed by atoms with Gasteiger partial charge in [0.05, 0.1) is 5.56 Å². The third kappa shape index (κ3) is 6.25. The molecule has 0 radical (unpaired) electrons. The molecule has 0 saturated heterocycles. The molecule has 2 N–H and O–H groups in total. The van der Waals surface area contributed by atoms with E-state index in [2.05, 4.69) is 15.6 Å². The van der Waals surface area contributed by atoms with Gasteiger partial charge in [0.2, 0.25) is 5.91 Å². The van der Waals surface area contributed by atoms with E-state index in [1.807, 2.05) is 6.92 Å². The van der Waals surface area contributed by atoms with Gasteiger partial charge < -0.3 is 15.5 Å². The number of benzene rings is 1. The van der Waals surface area contributed by atoms with Gasteiger partial charge in [0.25, 0.3) is 0 Å². The number of hydrogen-bond acceptors (Lipinski definition) is 2. The number of rotatable bonds is 6. The highest BCUT2D eigenvalue weighted by Gasteiger charge is 2.40. The van der Waals surface area contributed by atoms with Crippen LogP contribution in [0.1, 0.15) is 37.3 Å². The van der Waals surface area contributed by atoms with Gasteiger partial charge in [0.15, 0.2) is 5.96 Å². The van der Waals surface area contributed by atoms with Crippen molar-refractivity contribution in [2.45, 2.75) is 37.8 Å². The molecule has 2 rings (SSSR count). The number of halogens is 4. The fourth-order valence-electron chi connectivity index (χ4n) is 3.08. The lowest BCUT2D eigenvalue weighted by Gasteiger charge is -2.43. The normalized spacial score (nSPS) is 15.9. The number of guanidine groups is 1. The minimum Gasteiger partial charge on any atom is -0.357 e. The predicted molar refractivity (Wildman–Crippen MR) is 115 cm³/mol. The SMILES string of the molecule is CCNC(=NCC(=O)N(C)C)NCC1(c2cccc(C(F)(F)F)c2)CCC1.I. The Bertz CT molecular complexity index is 688. The van der Waals surface area contributed by atoms with Crippen LogP contribution in [0.15, 0.2) is 29.3 Å². The minimum atomic E-state index is -4.35. The van der Waals surface area contributed by atoms with Crippen molar-refractivity contribution in [2.24, 2.45) is 4.99 Å². The highest BCUT2D eigenvalue weighted by atomic mass is 127. The monoisotopic (exact) mass is 512 g/mol. The second-order valence-corrected chi connectivity index (χ2v) is 7.05. The van der Waals surface area contributed by atoms with E-state index >= 15 is 0 Å². The number of aliphatic imine (C=N–C) groups is 1. The van der Waals surface area contributed by atoms with E-state index in [0.717, 1.165) is 25.3 Å². The van der Waals surface area contributed by atoms with E-state index in [9.17, 15) is 18.0 Å². The van der Waals surface area contributed by atoms with E-state index in [1.54, 1.807) is 20.2 Å². The molecule has 1 aromatic rings. The highest BCUT2D eigenvalue weighted by molar-refractivity contribution is 14.0. The molecule has 1 amide bonds. The summed E-state index contributed by atoms with van der Waals surface area (Å²) in [6.07, 6.45) is -1.74.